The zero-order chi connectivity index (χ0) is 45.8. The van der Waals surface area contributed by atoms with Crippen molar-refractivity contribution in [3.8, 4) is 22.3 Å². The second-order valence-corrected chi connectivity index (χ2v) is 21.1. The van der Waals surface area contributed by atoms with Crippen LogP contribution in [0.25, 0.3) is 66.7 Å². The normalized spacial score (nSPS) is 14.1. The summed E-state index contributed by atoms with van der Waals surface area (Å²) in [6.45, 7) is 4.76. The van der Waals surface area contributed by atoms with Crippen molar-refractivity contribution in [3.63, 3.8) is 0 Å². The highest BCUT2D eigenvalue weighted by atomic mass is 32.2. The first-order valence-electron chi connectivity index (χ1n) is 23.7. The van der Waals surface area contributed by atoms with Crippen LogP contribution in [0.5, 0.6) is 0 Å². The van der Waals surface area contributed by atoms with Gasteiger partial charge in [0.05, 0.1) is 22.7 Å². The lowest BCUT2D eigenvalue weighted by molar-refractivity contribution is 0.660. The van der Waals surface area contributed by atoms with Gasteiger partial charge in [-0.1, -0.05) is 177 Å². The van der Waals surface area contributed by atoms with Gasteiger partial charge in [-0.2, -0.15) is 0 Å². The SMILES string of the molecule is CC1(C)c2cc(/C=C/c3ccc4cc(-c5ccc6c(ccc7cc(N8c9ccccc9Sc9ccccc98)ccc76)c5)ccc4c3)ccc2-c2ccc(N3c4ccccc4Sc4ccccc43)cc21. The van der Waals surface area contributed by atoms with E-state index in [0.717, 1.165) is 0 Å². The molecule has 3 aliphatic rings. The van der Waals surface area contributed by atoms with Crippen LogP contribution in [0.2, 0.25) is 0 Å². The van der Waals surface area contributed by atoms with Crippen LogP contribution in [-0.4, -0.2) is 0 Å². The number of fused-ring (bicyclic) bond motifs is 11. The maximum atomic E-state index is 2.44. The molecule has 0 amide bonds. The van der Waals surface area contributed by atoms with Crippen LogP contribution in [0.1, 0.15) is 36.1 Å². The largest absolute Gasteiger partial charge is 0.308 e. The fourth-order valence-corrected chi connectivity index (χ4v) is 13.2. The second-order valence-electron chi connectivity index (χ2n) is 19.0. The smallest absolute Gasteiger partial charge is 0.0601 e. The first-order valence-corrected chi connectivity index (χ1v) is 25.4. The first kappa shape index (κ1) is 40.3. The molecule has 4 heteroatoms. The third-order valence-corrected chi connectivity index (χ3v) is 16.8. The number of rotatable bonds is 5. The van der Waals surface area contributed by atoms with Crippen LogP contribution in [0, 0.1) is 0 Å². The van der Waals surface area contributed by atoms with Crippen molar-refractivity contribution in [2.24, 2.45) is 0 Å². The van der Waals surface area contributed by atoms with E-state index in [2.05, 4.69) is 254 Å². The Morgan fingerprint density at radius 3 is 1.36 bits per heavy atom. The summed E-state index contributed by atoms with van der Waals surface area (Å²) < 4.78 is 0. The number of hydrogen-bond acceptors (Lipinski definition) is 4. The van der Waals surface area contributed by atoms with Crippen molar-refractivity contribution < 1.29 is 0 Å². The summed E-state index contributed by atoms with van der Waals surface area (Å²) in [6, 6.07) is 81.1. The standard InChI is InChI=1S/C65H44N2S2/c1-65(2)55-36-42(22-31-53(55)54-34-30-50(40-56(54)65)67-59-13-5-9-17-63(59)69-64-18-10-6-14-60(64)67)20-19-41-21-23-44-37-45(25-24-43(44)35-41)46-28-32-51-47(38-46)26-27-48-39-49(29-33-52(48)51)66-57-11-3-7-15-61(57)68-62-16-8-4-12-58(62)66/h3-40H,1-2H3/b20-19+. The minimum atomic E-state index is -0.147. The van der Waals surface area contributed by atoms with Crippen molar-refractivity contribution in [2.75, 3.05) is 9.80 Å². The molecular weight excluding hydrogens is 873 g/mol. The monoisotopic (exact) mass is 916 g/mol. The summed E-state index contributed by atoms with van der Waals surface area (Å²) >= 11 is 3.70. The van der Waals surface area contributed by atoms with Gasteiger partial charge in [0, 0.05) is 36.4 Å². The molecule has 0 N–H and O–H groups in total. The van der Waals surface area contributed by atoms with Gasteiger partial charge in [0.2, 0.25) is 0 Å². The van der Waals surface area contributed by atoms with E-state index in [9.17, 15) is 0 Å². The summed E-state index contributed by atoms with van der Waals surface area (Å²) in [5, 5.41) is 7.49. The molecule has 1 aliphatic carbocycles. The molecule has 0 aromatic heterocycles. The molecule has 11 aromatic carbocycles. The Balaban J connectivity index is 0.717. The molecule has 11 aromatic rings. The number of nitrogens with zero attached hydrogens (tertiary/aromatic N) is 2. The number of hydrogen-bond donors (Lipinski definition) is 0. The average molecular weight is 917 g/mol. The van der Waals surface area contributed by atoms with Gasteiger partial charge in [0.25, 0.3) is 0 Å². The van der Waals surface area contributed by atoms with Crippen molar-refractivity contribution in [3.05, 3.63) is 241 Å². The summed E-state index contributed by atoms with van der Waals surface area (Å²) in [7, 11) is 0. The summed E-state index contributed by atoms with van der Waals surface area (Å²) in [5.74, 6) is 0. The fourth-order valence-electron chi connectivity index (χ4n) is 11.1. The number of anilines is 6. The fraction of sp³-hybridized carbons (Fsp3) is 0.0462. The number of para-hydroxylation sites is 4. The molecule has 326 valence electrons. The number of benzene rings is 11. The Hall–Kier alpha value is -7.76. The molecular formula is C65H44N2S2. The molecule has 69 heavy (non-hydrogen) atoms. The molecule has 0 bridgehead atoms. The highest BCUT2D eigenvalue weighted by Gasteiger charge is 2.37. The Labute approximate surface area is 411 Å². The Morgan fingerprint density at radius 2 is 0.754 bits per heavy atom. The average Bonchev–Trinajstić information content (AvgIpc) is 3.62. The van der Waals surface area contributed by atoms with Gasteiger partial charge in [0.1, 0.15) is 0 Å². The molecule has 0 radical (unpaired) electrons. The molecule has 2 heterocycles. The maximum absolute atomic E-state index is 2.44. The molecule has 0 saturated heterocycles. The minimum absolute atomic E-state index is 0.147. The third kappa shape index (κ3) is 6.58. The van der Waals surface area contributed by atoms with Crippen LogP contribution >= 0.6 is 23.5 Å². The van der Waals surface area contributed by atoms with Crippen LogP contribution in [0.15, 0.2) is 238 Å². The molecule has 0 unspecified atom stereocenters. The minimum Gasteiger partial charge on any atom is -0.308 e. The summed E-state index contributed by atoms with van der Waals surface area (Å²) in [5.41, 5.74) is 17.4. The lowest BCUT2D eigenvalue weighted by Gasteiger charge is -2.33. The molecule has 2 nitrogen and oxygen atoms in total. The lowest BCUT2D eigenvalue weighted by Crippen LogP contribution is -2.18. The summed E-state index contributed by atoms with van der Waals surface area (Å²) in [4.78, 5) is 9.96. The molecule has 0 atom stereocenters. The van der Waals surface area contributed by atoms with Gasteiger partial charge in [-0.3, -0.25) is 0 Å². The van der Waals surface area contributed by atoms with E-state index in [4.69, 9.17) is 0 Å². The predicted molar refractivity (Wildman–Crippen MR) is 295 cm³/mol. The molecule has 0 fully saturated rings. The van der Waals surface area contributed by atoms with E-state index in [1.165, 1.54) is 131 Å². The van der Waals surface area contributed by atoms with Crippen LogP contribution in [0.4, 0.5) is 34.1 Å². The van der Waals surface area contributed by atoms with Crippen molar-refractivity contribution >= 4 is 102 Å². The van der Waals surface area contributed by atoms with E-state index in [1.807, 2.05) is 23.5 Å². The zero-order valence-corrected chi connectivity index (χ0v) is 39.8. The van der Waals surface area contributed by atoms with E-state index in [0.29, 0.717) is 0 Å². The molecule has 0 saturated carbocycles. The summed E-state index contributed by atoms with van der Waals surface area (Å²) in [6.07, 6.45) is 4.52. The Kier molecular flexibility index (Phi) is 9.14. The van der Waals surface area contributed by atoms with Gasteiger partial charge in [0.15, 0.2) is 0 Å². The zero-order valence-electron chi connectivity index (χ0n) is 38.2. The van der Waals surface area contributed by atoms with Crippen LogP contribution in [-0.2, 0) is 5.41 Å². The molecule has 2 aliphatic heterocycles. The van der Waals surface area contributed by atoms with Gasteiger partial charge in [-0.25, -0.2) is 0 Å². The third-order valence-electron chi connectivity index (χ3n) is 14.5. The quantitative estimate of drug-likeness (QED) is 0.125. The molecule has 0 spiro atoms. The lowest BCUT2D eigenvalue weighted by atomic mass is 9.81. The van der Waals surface area contributed by atoms with Crippen molar-refractivity contribution in [2.45, 2.75) is 38.8 Å². The van der Waals surface area contributed by atoms with Gasteiger partial charge in [-0.05, 0) is 168 Å². The van der Waals surface area contributed by atoms with Gasteiger partial charge in [-0.15, -0.1) is 0 Å². The highest BCUT2D eigenvalue weighted by Crippen LogP contribution is 2.55. The topological polar surface area (TPSA) is 6.48 Å². The van der Waals surface area contributed by atoms with E-state index in [1.54, 1.807) is 0 Å². The van der Waals surface area contributed by atoms with Crippen LogP contribution < -0.4 is 9.80 Å². The van der Waals surface area contributed by atoms with E-state index < -0.39 is 0 Å². The van der Waals surface area contributed by atoms with Gasteiger partial charge < -0.3 is 9.80 Å². The van der Waals surface area contributed by atoms with Crippen LogP contribution in [0.3, 0.4) is 0 Å². The van der Waals surface area contributed by atoms with Gasteiger partial charge >= 0.3 is 0 Å². The maximum Gasteiger partial charge on any atom is 0.0601 e. The first-order chi connectivity index (χ1) is 33.9. The Morgan fingerprint density at radius 1 is 0.348 bits per heavy atom. The van der Waals surface area contributed by atoms with E-state index >= 15 is 0 Å². The molecule has 14 rings (SSSR count). The Bertz CT molecular complexity index is 3880. The predicted octanol–water partition coefficient (Wildman–Crippen LogP) is 19.2. The second kappa shape index (κ2) is 15.6. The highest BCUT2D eigenvalue weighted by molar-refractivity contribution is 8.00. The van der Waals surface area contributed by atoms with Crippen molar-refractivity contribution in [1.29, 1.82) is 0 Å². The van der Waals surface area contributed by atoms with E-state index in [-0.39, 0.29) is 5.41 Å². The van der Waals surface area contributed by atoms with Crippen molar-refractivity contribution in [1.82, 2.24) is 0 Å².